The van der Waals surface area contributed by atoms with Crippen LogP contribution >= 0.6 is 0 Å². The van der Waals surface area contributed by atoms with E-state index in [4.69, 9.17) is 22.2 Å². The molecule has 236 valence electrons. The Bertz CT molecular complexity index is 1870. The van der Waals surface area contributed by atoms with Crippen LogP contribution in [0.1, 0.15) is 29.2 Å². The highest BCUT2D eigenvalue weighted by molar-refractivity contribution is 5.98. The van der Waals surface area contributed by atoms with E-state index >= 15 is 0 Å². The van der Waals surface area contributed by atoms with Gasteiger partial charge in [-0.1, -0.05) is 30.3 Å². The number of anilines is 1. The Balaban J connectivity index is 1.31. The smallest absolute Gasteiger partial charge is 0.254 e. The molecule has 12 nitrogen and oxygen atoms in total. The van der Waals surface area contributed by atoms with E-state index in [0.29, 0.717) is 79.5 Å². The molecule has 7 N–H and O–H groups in total. The molecule has 5 aromatic rings. The number of rotatable bonds is 10. The minimum atomic E-state index is -0.765. The number of carbonyl (C=O) groups is 2. The number of halogens is 1. The highest BCUT2D eigenvalue weighted by atomic mass is 19.1. The minimum Gasteiger partial charge on any atom is -0.370 e. The number of nitrogens with zero attached hydrogens (tertiary/aromatic N) is 6. The number of benzene rings is 3. The number of hydrogen-bond acceptors (Lipinski definition) is 6. The third-order valence-corrected chi connectivity index (χ3v) is 8.13. The Morgan fingerprint density at radius 1 is 0.957 bits per heavy atom. The maximum atomic E-state index is 13.6. The number of aromatic nitrogens is 4. The summed E-state index contributed by atoms with van der Waals surface area (Å²) in [5, 5.41) is 0. The van der Waals surface area contributed by atoms with Crippen LogP contribution in [0.25, 0.3) is 33.9 Å². The van der Waals surface area contributed by atoms with Crippen LogP contribution in [0.2, 0.25) is 0 Å². The van der Waals surface area contributed by atoms with Gasteiger partial charge >= 0.3 is 0 Å². The largest absolute Gasteiger partial charge is 0.370 e. The number of fused-ring (bicyclic) bond motifs is 1. The van der Waals surface area contributed by atoms with E-state index in [1.807, 2.05) is 30.3 Å². The fourth-order valence-corrected chi connectivity index (χ4v) is 5.81. The summed E-state index contributed by atoms with van der Waals surface area (Å²) in [7, 11) is 0. The van der Waals surface area contributed by atoms with E-state index in [9.17, 15) is 14.0 Å². The van der Waals surface area contributed by atoms with Crippen LogP contribution < -0.4 is 22.1 Å². The number of imidazole rings is 2. The molecule has 2 amide bonds. The van der Waals surface area contributed by atoms with Crippen molar-refractivity contribution in [2.45, 2.75) is 18.9 Å². The average Bonchev–Trinajstić information content (AvgIpc) is 3.70. The third kappa shape index (κ3) is 6.39. The molecule has 0 spiro atoms. The lowest BCUT2D eigenvalue weighted by Gasteiger charge is -2.36. The first-order valence-electron chi connectivity index (χ1n) is 15.1. The molecule has 13 heteroatoms. The molecule has 1 aliphatic heterocycles. The summed E-state index contributed by atoms with van der Waals surface area (Å²) >= 11 is 0. The van der Waals surface area contributed by atoms with Crippen LogP contribution in [0, 0.1) is 5.82 Å². The fraction of sp³-hybridized carbons (Fsp3) is 0.242. The van der Waals surface area contributed by atoms with Crippen LogP contribution in [-0.4, -0.2) is 74.9 Å². The molecule has 0 unspecified atom stereocenters. The second-order valence-electron chi connectivity index (χ2n) is 11.1. The number of carbonyl (C=O) groups excluding carboxylic acids is 2. The Morgan fingerprint density at radius 2 is 1.70 bits per heavy atom. The van der Waals surface area contributed by atoms with Crippen molar-refractivity contribution in [2.24, 2.45) is 22.2 Å². The van der Waals surface area contributed by atoms with E-state index in [1.54, 1.807) is 46.0 Å². The summed E-state index contributed by atoms with van der Waals surface area (Å²) in [5.74, 6) is 0.154. The molecule has 1 atom stereocenters. The highest BCUT2D eigenvalue weighted by Crippen LogP contribution is 2.32. The van der Waals surface area contributed by atoms with Gasteiger partial charge in [-0.3, -0.25) is 14.6 Å². The van der Waals surface area contributed by atoms with Crippen molar-refractivity contribution in [3.05, 3.63) is 90.4 Å². The zero-order chi connectivity index (χ0) is 32.2. The number of guanidine groups is 1. The van der Waals surface area contributed by atoms with Crippen LogP contribution in [0.15, 0.2) is 84.0 Å². The zero-order valence-electron chi connectivity index (χ0n) is 25.1. The first-order valence-corrected chi connectivity index (χ1v) is 15.1. The van der Waals surface area contributed by atoms with Crippen molar-refractivity contribution in [3.63, 3.8) is 0 Å². The number of H-pyrrole nitrogens is 1. The first kappa shape index (κ1) is 30.3. The zero-order valence-corrected chi connectivity index (χ0v) is 25.1. The summed E-state index contributed by atoms with van der Waals surface area (Å²) in [5.41, 5.74) is 21.0. The number of piperazine rings is 1. The monoisotopic (exact) mass is 622 g/mol. The Kier molecular flexibility index (Phi) is 8.63. The molecule has 3 heterocycles. The number of primary amides is 1. The summed E-state index contributed by atoms with van der Waals surface area (Å²) in [6.45, 7) is 2.63. The predicted molar refractivity (Wildman–Crippen MR) is 175 cm³/mol. The number of nitrogens with one attached hydrogen (secondary N) is 1. The topological polar surface area (TPSA) is 178 Å². The molecule has 3 aromatic carbocycles. The van der Waals surface area contributed by atoms with Crippen LogP contribution in [0.3, 0.4) is 0 Å². The minimum absolute atomic E-state index is 0.0237. The maximum absolute atomic E-state index is 13.6. The van der Waals surface area contributed by atoms with E-state index in [2.05, 4.69) is 19.9 Å². The van der Waals surface area contributed by atoms with E-state index in [1.165, 1.54) is 12.1 Å². The lowest BCUT2D eigenvalue weighted by atomic mass is 10.1. The van der Waals surface area contributed by atoms with E-state index in [-0.39, 0.29) is 17.7 Å². The van der Waals surface area contributed by atoms with Crippen LogP contribution in [0.5, 0.6) is 0 Å². The maximum Gasteiger partial charge on any atom is 0.254 e. The van der Waals surface area contributed by atoms with Gasteiger partial charge in [0.15, 0.2) is 11.8 Å². The molecule has 1 saturated heterocycles. The van der Waals surface area contributed by atoms with Crippen molar-refractivity contribution in [2.75, 3.05) is 37.6 Å². The highest BCUT2D eigenvalue weighted by Gasteiger charge is 2.27. The summed E-state index contributed by atoms with van der Waals surface area (Å²) in [4.78, 5) is 47.3. The lowest BCUT2D eigenvalue weighted by molar-refractivity contribution is -0.121. The fourth-order valence-electron chi connectivity index (χ4n) is 5.81. The molecule has 0 radical (unpaired) electrons. The summed E-state index contributed by atoms with van der Waals surface area (Å²) in [6, 6.07) is 20.6. The Hall–Kier alpha value is -5.72. The molecule has 1 aliphatic rings. The molecule has 46 heavy (non-hydrogen) atoms. The molecule has 1 fully saturated rings. The molecule has 0 aliphatic carbocycles. The molecule has 6 rings (SSSR count). The molecule has 2 aromatic heterocycles. The van der Waals surface area contributed by atoms with Gasteiger partial charge in [0.25, 0.3) is 5.91 Å². The van der Waals surface area contributed by atoms with Crippen molar-refractivity contribution < 1.29 is 14.0 Å². The number of amides is 2. The Morgan fingerprint density at radius 3 is 2.39 bits per heavy atom. The standard InChI is InChI=1S/C33H35FN10O2/c34-23-9-11-24(12-10-23)42-15-17-43(18-16-42)32(46)22-8-13-27-25(19-22)41-31(26-20-39-30(40-26)21-5-2-1-3-6-21)44(27)28(29(35)45)7-4-14-38-33(36)37/h1-3,5-6,8-13,19-20,28H,4,7,14-18H2,(H2,35,45)(H,39,40)(H4,36,37,38)/t28-/m0/s1. The predicted octanol–water partition coefficient (Wildman–Crippen LogP) is 3.27. The van der Waals surface area contributed by atoms with E-state index < -0.39 is 11.9 Å². The van der Waals surface area contributed by atoms with Gasteiger partial charge in [0, 0.05) is 49.5 Å². The van der Waals surface area contributed by atoms with Crippen molar-refractivity contribution in [1.82, 2.24) is 24.4 Å². The van der Waals surface area contributed by atoms with Crippen molar-refractivity contribution >= 4 is 34.5 Å². The summed E-state index contributed by atoms with van der Waals surface area (Å²) < 4.78 is 15.2. The first-order chi connectivity index (χ1) is 22.3. The van der Waals surface area contributed by atoms with Gasteiger partial charge in [-0.2, -0.15) is 0 Å². The van der Waals surface area contributed by atoms with Crippen molar-refractivity contribution in [3.8, 4) is 22.9 Å². The average molecular weight is 623 g/mol. The van der Waals surface area contributed by atoms with Gasteiger partial charge in [0.1, 0.15) is 23.4 Å². The van der Waals surface area contributed by atoms with Crippen molar-refractivity contribution in [1.29, 1.82) is 0 Å². The number of aliphatic imine (C=N–C) groups is 1. The quantitative estimate of drug-likeness (QED) is 0.105. The third-order valence-electron chi connectivity index (χ3n) is 8.13. The second-order valence-corrected chi connectivity index (χ2v) is 11.1. The van der Waals surface area contributed by atoms with Gasteiger partial charge in [0.05, 0.1) is 17.2 Å². The molecule has 0 saturated carbocycles. The van der Waals surface area contributed by atoms with Crippen LogP contribution in [-0.2, 0) is 4.79 Å². The second kappa shape index (κ2) is 13.1. The number of hydrogen-bond donors (Lipinski definition) is 4. The van der Waals surface area contributed by atoms with Gasteiger partial charge in [-0.25, -0.2) is 14.4 Å². The summed E-state index contributed by atoms with van der Waals surface area (Å²) in [6.07, 6.45) is 2.54. The van der Waals surface area contributed by atoms with Gasteiger partial charge in [0.2, 0.25) is 5.91 Å². The molecular formula is C33H35FN10O2. The molecular weight excluding hydrogens is 587 g/mol. The van der Waals surface area contributed by atoms with Gasteiger partial charge in [-0.05, 0) is 55.3 Å². The normalized spacial score (nSPS) is 13.9. The lowest BCUT2D eigenvalue weighted by Crippen LogP contribution is -2.48. The Labute approximate surface area is 264 Å². The van der Waals surface area contributed by atoms with Gasteiger partial charge < -0.3 is 36.6 Å². The SMILES string of the molecule is NC(=O)[C@H](CCCN=C(N)N)n1c(-c2cnc(-c3ccccc3)[nH]2)nc2cc(C(=O)N3CCN(c4ccc(F)cc4)CC3)ccc21. The van der Waals surface area contributed by atoms with E-state index in [0.717, 1.165) is 11.3 Å². The number of nitrogens with two attached hydrogens (primary N) is 3. The number of aromatic amines is 1. The van der Waals surface area contributed by atoms with Crippen LogP contribution in [0.4, 0.5) is 10.1 Å². The van der Waals surface area contributed by atoms with Gasteiger partial charge in [-0.15, -0.1) is 0 Å². The molecule has 0 bridgehead atoms.